The third-order valence-corrected chi connectivity index (χ3v) is 6.49. The fraction of sp³-hybridized carbons (Fsp3) is 0.500. The van der Waals surface area contributed by atoms with Gasteiger partial charge in [-0.2, -0.15) is 4.52 Å². The molecule has 0 aliphatic carbocycles. The number of piperazine rings is 1. The van der Waals surface area contributed by atoms with E-state index >= 15 is 0 Å². The molecule has 1 aromatic carbocycles. The van der Waals surface area contributed by atoms with E-state index in [4.69, 9.17) is 0 Å². The zero-order chi connectivity index (χ0) is 19.0. The molecule has 1 fully saturated rings. The van der Waals surface area contributed by atoms with Crippen molar-refractivity contribution in [1.29, 1.82) is 0 Å². The van der Waals surface area contributed by atoms with E-state index in [-0.39, 0.29) is 11.9 Å². The summed E-state index contributed by atoms with van der Waals surface area (Å²) in [5, 5.41) is 15.4. The van der Waals surface area contributed by atoms with Crippen molar-refractivity contribution in [2.75, 3.05) is 33.2 Å². The van der Waals surface area contributed by atoms with Crippen LogP contribution in [0.4, 0.5) is 0 Å². The number of hydrogen-bond donors (Lipinski definition) is 1. The van der Waals surface area contributed by atoms with Crippen molar-refractivity contribution in [3.05, 3.63) is 46.1 Å². The zero-order valence-corrected chi connectivity index (χ0v) is 17.0. The highest BCUT2D eigenvalue weighted by Gasteiger charge is 2.31. The second-order valence-electron chi connectivity index (χ2n) is 7.20. The molecule has 0 amide bonds. The molecular weight excluding hydrogens is 358 g/mol. The van der Waals surface area contributed by atoms with Crippen LogP contribution in [0.1, 0.15) is 41.7 Å². The Morgan fingerprint density at radius 1 is 1.07 bits per heavy atom. The molecule has 27 heavy (non-hydrogen) atoms. The van der Waals surface area contributed by atoms with Gasteiger partial charge in [0, 0.05) is 32.6 Å². The van der Waals surface area contributed by atoms with Crippen LogP contribution in [0.5, 0.6) is 5.88 Å². The second-order valence-corrected chi connectivity index (χ2v) is 8.21. The molecule has 144 valence electrons. The summed E-state index contributed by atoms with van der Waals surface area (Å²) in [5.74, 6) is 0.997. The van der Waals surface area contributed by atoms with Crippen LogP contribution in [-0.4, -0.2) is 62.7 Å². The topological polar surface area (TPSA) is 56.9 Å². The molecule has 1 N–H and O–H groups in total. The Labute approximate surface area is 164 Å². The summed E-state index contributed by atoms with van der Waals surface area (Å²) in [4.78, 5) is 11.1. The van der Waals surface area contributed by atoms with Crippen molar-refractivity contribution in [1.82, 2.24) is 24.4 Å². The highest BCUT2D eigenvalue weighted by atomic mass is 32.1. The van der Waals surface area contributed by atoms with E-state index in [0.717, 1.165) is 54.7 Å². The zero-order valence-electron chi connectivity index (χ0n) is 16.2. The number of thiazole rings is 1. The second kappa shape index (κ2) is 7.58. The lowest BCUT2D eigenvalue weighted by atomic mass is 10.0. The predicted octanol–water partition coefficient (Wildman–Crippen LogP) is 2.96. The van der Waals surface area contributed by atoms with E-state index in [2.05, 4.69) is 58.1 Å². The molecule has 1 atom stereocenters. The first kappa shape index (κ1) is 18.4. The first-order chi connectivity index (χ1) is 13.1. The summed E-state index contributed by atoms with van der Waals surface area (Å²) in [7, 11) is 2.16. The Balaban J connectivity index is 1.77. The van der Waals surface area contributed by atoms with Crippen LogP contribution in [0, 0.1) is 0 Å². The van der Waals surface area contributed by atoms with Crippen LogP contribution in [0.25, 0.3) is 4.96 Å². The van der Waals surface area contributed by atoms with Crippen LogP contribution < -0.4 is 0 Å². The molecule has 6 nitrogen and oxygen atoms in total. The number of aryl methyl sites for hydroxylation is 2. The van der Waals surface area contributed by atoms with Gasteiger partial charge in [0.2, 0.25) is 10.8 Å². The number of benzene rings is 1. The molecule has 0 radical (unpaired) electrons. The maximum absolute atomic E-state index is 10.9. The van der Waals surface area contributed by atoms with E-state index in [1.165, 1.54) is 11.1 Å². The maximum Gasteiger partial charge on any atom is 0.230 e. The highest BCUT2D eigenvalue weighted by Crippen LogP contribution is 2.40. The van der Waals surface area contributed by atoms with Gasteiger partial charge in [0.25, 0.3) is 0 Å². The molecule has 1 saturated heterocycles. The number of aromatic nitrogens is 3. The molecule has 1 aliphatic heterocycles. The molecule has 2 aromatic heterocycles. The molecule has 3 aromatic rings. The van der Waals surface area contributed by atoms with Gasteiger partial charge >= 0.3 is 0 Å². The summed E-state index contributed by atoms with van der Waals surface area (Å²) in [5.41, 5.74) is 2.54. The van der Waals surface area contributed by atoms with Crippen molar-refractivity contribution in [2.24, 2.45) is 0 Å². The Kier molecular flexibility index (Phi) is 5.16. The standard InChI is InChI=1S/C20H27N5OS/c1-4-14-6-8-15(9-7-14)17(24-12-10-23(3)11-13-24)18-19(26)25-20(27-18)21-16(5-2)22-25/h6-9,17,26H,4-5,10-13H2,1-3H3. The Hall–Kier alpha value is -1.96. The first-order valence-corrected chi connectivity index (χ1v) is 10.5. The minimum atomic E-state index is 0.0307. The number of aromatic hydroxyl groups is 1. The summed E-state index contributed by atoms with van der Waals surface area (Å²) in [6.07, 6.45) is 1.80. The average Bonchev–Trinajstić information content (AvgIpc) is 3.23. The van der Waals surface area contributed by atoms with E-state index in [9.17, 15) is 5.11 Å². The van der Waals surface area contributed by atoms with Crippen LogP contribution in [0.3, 0.4) is 0 Å². The molecule has 0 saturated carbocycles. The van der Waals surface area contributed by atoms with Gasteiger partial charge in [-0.3, -0.25) is 4.90 Å². The minimum absolute atomic E-state index is 0.0307. The molecule has 3 heterocycles. The average molecular weight is 386 g/mol. The van der Waals surface area contributed by atoms with Crippen LogP contribution in [0.2, 0.25) is 0 Å². The predicted molar refractivity (Wildman–Crippen MR) is 109 cm³/mol. The summed E-state index contributed by atoms with van der Waals surface area (Å²) in [6, 6.07) is 8.83. The largest absolute Gasteiger partial charge is 0.492 e. The fourth-order valence-electron chi connectivity index (χ4n) is 3.66. The van der Waals surface area contributed by atoms with Crippen molar-refractivity contribution in [3.8, 4) is 5.88 Å². The van der Waals surface area contributed by atoms with Gasteiger partial charge in [-0.15, -0.1) is 5.10 Å². The summed E-state index contributed by atoms with van der Waals surface area (Å²) < 4.78 is 1.60. The van der Waals surface area contributed by atoms with Gasteiger partial charge in [0.15, 0.2) is 5.82 Å². The minimum Gasteiger partial charge on any atom is -0.492 e. The van der Waals surface area contributed by atoms with Gasteiger partial charge in [-0.1, -0.05) is 49.4 Å². The maximum atomic E-state index is 10.9. The molecule has 0 bridgehead atoms. The molecule has 1 unspecified atom stereocenters. The van der Waals surface area contributed by atoms with E-state index < -0.39 is 0 Å². The third kappa shape index (κ3) is 3.47. The van der Waals surface area contributed by atoms with E-state index in [1.54, 1.807) is 15.9 Å². The smallest absolute Gasteiger partial charge is 0.230 e. The Bertz CT molecular complexity index is 908. The lowest BCUT2D eigenvalue weighted by Gasteiger charge is -2.37. The molecule has 1 aliphatic rings. The molecule has 7 heteroatoms. The van der Waals surface area contributed by atoms with Crippen molar-refractivity contribution in [2.45, 2.75) is 32.7 Å². The van der Waals surface area contributed by atoms with E-state index in [0.29, 0.717) is 0 Å². The van der Waals surface area contributed by atoms with Crippen LogP contribution in [0.15, 0.2) is 24.3 Å². The molecule has 0 spiro atoms. The normalized spacial score (nSPS) is 17.6. The van der Waals surface area contributed by atoms with Crippen molar-refractivity contribution >= 4 is 16.3 Å². The number of fused-ring (bicyclic) bond motifs is 1. The van der Waals surface area contributed by atoms with Gasteiger partial charge < -0.3 is 10.0 Å². The van der Waals surface area contributed by atoms with Gasteiger partial charge in [0.05, 0.1) is 10.9 Å². The first-order valence-electron chi connectivity index (χ1n) is 9.69. The summed E-state index contributed by atoms with van der Waals surface area (Å²) in [6.45, 7) is 8.22. The van der Waals surface area contributed by atoms with Crippen molar-refractivity contribution in [3.63, 3.8) is 0 Å². The van der Waals surface area contributed by atoms with Gasteiger partial charge in [-0.05, 0) is 24.6 Å². The molecular formula is C20H27N5OS. The Morgan fingerprint density at radius 3 is 2.37 bits per heavy atom. The third-order valence-electron chi connectivity index (χ3n) is 5.41. The molecule has 4 rings (SSSR count). The highest BCUT2D eigenvalue weighted by molar-refractivity contribution is 7.17. The SMILES string of the molecule is CCc1ccc(C(c2sc3nc(CC)nn3c2O)N2CCN(C)CC2)cc1. The summed E-state index contributed by atoms with van der Waals surface area (Å²) >= 11 is 1.55. The lowest BCUT2D eigenvalue weighted by molar-refractivity contribution is 0.127. The van der Waals surface area contributed by atoms with Gasteiger partial charge in [-0.25, -0.2) is 4.98 Å². The monoisotopic (exact) mass is 385 g/mol. The quantitative estimate of drug-likeness (QED) is 0.732. The number of likely N-dealkylation sites (N-methyl/N-ethyl adjacent to an activating group) is 1. The number of hydrogen-bond acceptors (Lipinski definition) is 6. The van der Waals surface area contributed by atoms with Crippen molar-refractivity contribution < 1.29 is 5.11 Å². The number of nitrogens with zero attached hydrogens (tertiary/aromatic N) is 5. The van der Waals surface area contributed by atoms with Crippen LogP contribution >= 0.6 is 11.3 Å². The lowest BCUT2D eigenvalue weighted by Crippen LogP contribution is -2.46. The fourth-order valence-corrected chi connectivity index (χ4v) is 4.80. The van der Waals surface area contributed by atoms with Crippen LogP contribution in [-0.2, 0) is 12.8 Å². The Morgan fingerprint density at radius 2 is 1.78 bits per heavy atom. The number of rotatable bonds is 5. The van der Waals surface area contributed by atoms with E-state index in [1.807, 2.05) is 6.92 Å². The van der Waals surface area contributed by atoms with Gasteiger partial charge in [0.1, 0.15) is 0 Å².